The van der Waals surface area contributed by atoms with Gasteiger partial charge in [-0.25, -0.2) is 0 Å². The van der Waals surface area contributed by atoms with E-state index in [1.54, 1.807) is 0 Å². The Labute approximate surface area is 129 Å². The van der Waals surface area contributed by atoms with Gasteiger partial charge in [0.1, 0.15) is 5.82 Å². The molecule has 0 bridgehead atoms. The van der Waals surface area contributed by atoms with Crippen molar-refractivity contribution in [2.75, 3.05) is 13.2 Å². The molecule has 1 aromatic heterocycles. The maximum absolute atomic E-state index is 12.1. The molecule has 0 aromatic carbocycles. The number of ether oxygens (including phenoxy) is 1. The van der Waals surface area contributed by atoms with Crippen molar-refractivity contribution in [1.82, 2.24) is 20.1 Å². The number of thioether (sulfide) groups is 1. The largest absolute Gasteiger partial charge is 0.376 e. The van der Waals surface area contributed by atoms with Gasteiger partial charge in [0.15, 0.2) is 5.16 Å². The molecule has 1 aliphatic heterocycles. The predicted molar refractivity (Wildman–Crippen MR) is 80.3 cm³/mol. The van der Waals surface area contributed by atoms with Gasteiger partial charge in [-0.3, -0.25) is 4.79 Å². The second-order valence-corrected chi connectivity index (χ2v) is 7.12. The molecule has 0 spiro atoms. The topological polar surface area (TPSA) is 69.0 Å². The van der Waals surface area contributed by atoms with Gasteiger partial charge in [-0.15, -0.1) is 10.2 Å². The molecule has 2 unspecified atom stereocenters. The van der Waals surface area contributed by atoms with Crippen LogP contribution in [0.1, 0.15) is 44.3 Å². The molecule has 0 radical (unpaired) electrons. The number of hydrogen-bond donors (Lipinski definition) is 1. The van der Waals surface area contributed by atoms with E-state index in [1.165, 1.54) is 24.6 Å². The Bertz CT molecular complexity index is 509. The quantitative estimate of drug-likeness (QED) is 0.806. The smallest absolute Gasteiger partial charge is 0.233 e. The number of carbonyl (C=O) groups excluding carboxylic acids is 1. The van der Waals surface area contributed by atoms with E-state index in [9.17, 15) is 4.79 Å². The van der Waals surface area contributed by atoms with Crippen molar-refractivity contribution < 1.29 is 9.53 Å². The number of hydrogen-bond acceptors (Lipinski definition) is 5. The Morgan fingerprint density at radius 2 is 2.29 bits per heavy atom. The van der Waals surface area contributed by atoms with E-state index in [0.717, 1.165) is 30.4 Å². The molecule has 1 saturated heterocycles. The summed E-state index contributed by atoms with van der Waals surface area (Å²) in [7, 11) is 1.98. The highest BCUT2D eigenvalue weighted by Gasteiger charge is 2.30. The van der Waals surface area contributed by atoms with Crippen LogP contribution in [-0.2, 0) is 16.6 Å². The molecular weight excluding hydrogens is 288 g/mol. The van der Waals surface area contributed by atoms with E-state index in [0.29, 0.717) is 12.5 Å². The Hall–Kier alpha value is -1.08. The summed E-state index contributed by atoms with van der Waals surface area (Å²) in [6, 6.07) is 0. The van der Waals surface area contributed by atoms with Crippen LogP contribution in [0, 0.1) is 0 Å². The van der Waals surface area contributed by atoms with Gasteiger partial charge < -0.3 is 14.6 Å². The van der Waals surface area contributed by atoms with Gasteiger partial charge in [0.2, 0.25) is 5.91 Å². The van der Waals surface area contributed by atoms with E-state index < -0.39 is 0 Å². The zero-order valence-electron chi connectivity index (χ0n) is 12.5. The third-order valence-electron chi connectivity index (χ3n) is 3.99. The van der Waals surface area contributed by atoms with Crippen LogP contribution in [0.4, 0.5) is 0 Å². The molecule has 1 amide bonds. The summed E-state index contributed by atoms with van der Waals surface area (Å²) >= 11 is 1.46. The van der Waals surface area contributed by atoms with Crippen molar-refractivity contribution in [1.29, 1.82) is 0 Å². The van der Waals surface area contributed by atoms with Gasteiger partial charge in [-0.1, -0.05) is 11.8 Å². The number of aromatic nitrogens is 3. The third-order valence-corrected chi connectivity index (χ3v) is 5.12. The normalized spacial score (nSPS) is 23.2. The summed E-state index contributed by atoms with van der Waals surface area (Å²) in [4.78, 5) is 12.1. The average molecular weight is 310 g/mol. The first-order valence-corrected chi connectivity index (χ1v) is 8.48. The lowest BCUT2D eigenvalue weighted by Crippen LogP contribution is -2.36. The summed E-state index contributed by atoms with van der Waals surface area (Å²) in [5, 5.41) is 12.0. The molecule has 6 nitrogen and oxygen atoms in total. The van der Waals surface area contributed by atoms with Crippen molar-refractivity contribution >= 4 is 17.7 Å². The van der Waals surface area contributed by atoms with Crippen LogP contribution in [-0.4, -0.2) is 45.2 Å². The highest BCUT2D eigenvalue weighted by Crippen LogP contribution is 2.39. The lowest BCUT2D eigenvalue weighted by Gasteiger charge is -2.14. The van der Waals surface area contributed by atoms with Crippen LogP contribution in [0.2, 0.25) is 0 Å². The Morgan fingerprint density at radius 3 is 2.95 bits per heavy atom. The molecule has 1 saturated carbocycles. The summed E-state index contributed by atoms with van der Waals surface area (Å²) < 4.78 is 7.53. The minimum atomic E-state index is -0.179. The standard InChI is InChI=1S/C14H22N4O2S/c1-9(13(19)15-8-11-4-3-7-20-11)21-14-17-16-12(18(14)2)10-5-6-10/h9-11H,3-8H2,1-2H3,(H,15,19). The average Bonchev–Trinajstić information content (AvgIpc) is 3.06. The molecule has 1 aliphatic carbocycles. The van der Waals surface area contributed by atoms with Crippen molar-refractivity contribution in [2.45, 2.75) is 55.0 Å². The molecule has 2 aliphatic rings. The van der Waals surface area contributed by atoms with Gasteiger partial charge >= 0.3 is 0 Å². The molecule has 2 fully saturated rings. The van der Waals surface area contributed by atoms with Gasteiger partial charge in [0.25, 0.3) is 0 Å². The summed E-state index contributed by atoms with van der Waals surface area (Å²) in [6.45, 7) is 3.32. The van der Waals surface area contributed by atoms with Crippen LogP contribution in [0.15, 0.2) is 5.16 Å². The van der Waals surface area contributed by atoms with Gasteiger partial charge in [-0.2, -0.15) is 0 Å². The van der Waals surface area contributed by atoms with Crippen LogP contribution in [0.3, 0.4) is 0 Å². The molecule has 116 valence electrons. The fourth-order valence-corrected chi connectivity index (χ4v) is 3.35. The van der Waals surface area contributed by atoms with E-state index in [2.05, 4.69) is 15.5 Å². The fraction of sp³-hybridized carbons (Fsp3) is 0.786. The van der Waals surface area contributed by atoms with Crippen LogP contribution in [0.5, 0.6) is 0 Å². The van der Waals surface area contributed by atoms with Crippen LogP contribution in [0.25, 0.3) is 0 Å². The van der Waals surface area contributed by atoms with Gasteiger partial charge in [-0.05, 0) is 32.6 Å². The number of carbonyl (C=O) groups is 1. The Balaban J connectivity index is 1.50. The summed E-state index contributed by atoms with van der Waals surface area (Å²) in [5.41, 5.74) is 0. The second-order valence-electron chi connectivity index (χ2n) is 5.81. The van der Waals surface area contributed by atoms with Gasteiger partial charge in [0, 0.05) is 26.1 Å². The number of nitrogens with zero attached hydrogens (tertiary/aromatic N) is 3. The van der Waals surface area contributed by atoms with Crippen molar-refractivity contribution in [2.24, 2.45) is 7.05 Å². The van der Waals surface area contributed by atoms with Crippen molar-refractivity contribution in [3.05, 3.63) is 5.82 Å². The Kier molecular flexibility index (Phi) is 4.49. The third kappa shape index (κ3) is 3.58. The second kappa shape index (κ2) is 6.36. The first kappa shape index (κ1) is 14.8. The lowest BCUT2D eigenvalue weighted by atomic mass is 10.2. The van der Waals surface area contributed by atoms with Gasteiger partial charge in [0.05, 0.1) is 11.4 Å². The number of amides is 1. The summed E-state index contributed by atoms with van der Waals surface area (Å²) in [6.07, 6.45) is 4.72. The molecular formula is C14H22N4O2S. The lowest BCUT2D eigenvalue weighted by molar-refractivity contribution is -0.120. The number of rotatable bonds is 6. The molecule has 2 atom stereocenters. The van der Waals surface area contributed by atoms with E-state index in [4.69, 9.17) is 4.74 Å². The zero-order chi connectivity index (χ0) is 14.8. The van der Waals surface area contributed by atoms with E-state index >= 15 is 0 Å². The molecule has 2 heterocycles. The van der Waals surface area contributed by atoms with Crippen LogP contribution >= 0.6 is 11.8 Å². The molecule has 7 heteroatoms. The monoisotopic (exact) mass is 310 g/mol. The predicted octanol–water partition coefficient (Wildman–Crippen LogP) is 1.47. The molecule has 1 aromatic rings. The maximum Gasteiger partial charge on any atom is 0.233 e. The number of nitrogens with one attached hydrogen (secondary N) is 1. The minimum Gasteiger partial charge on any atom is -0.376 e. The fourth-order valence-electron chi connectivity index (χ4n) is 2.50. The first-order valence-electron chi connectivity index (χ1n) is 7.60. The van der Waals surface area contributed by atoms with Crippen molar-refractivity contribution in [3.8, 4) is 0 Å². The maximum atomic E-state index is 12.1. The van der Waals surface area contributed by atoms with E-state index in [-0.39, 0.29) is 17.3 Å². The Morgan fingerprint density at radius 1 is 1.48 bits per heavy atom. The highest BCUT2D eigenvalue weighted by atomic mass is 32.2. The summed E-state index contributed by atoms with van der Waals surface area (Å²) in [5.74, 6) is 1.65. The molecule has 1 N–H and O–H groups in total. The minimum absolute atomic E-state index is 0.0338. The van der Waals surface area contributed by atoms with Crippen molar-refractivity contribution in [3.63, 3.8) is 0 Å². The zero-order valence-corrected chi connectivity index (χ0v) is 13.4. The van der Waals surface area contributed by atoms with E-state index in [1.807, 2.05) is 18.5 Å². The molecule has 21 heavy (non-hydrogen) atoms. The SMILES string of the molecule is CC(Sc1nnc(C2CC2)n1C)C(=O)NCC1CCCO1. The highest BCUT2D eigenvalue weighted by molar-refractivity contribution is 8.00. The van der Waals surface area contributed by atoms with Crippen LogP contribution < -0.4 is 5.32 Å². The first-order chi connectivity index (χ1) is 10.1. The molecule has 3 rings (SSSR count).